The van der Waals surface area contributed by atoms with Gasteiger partial charge in [-0.3, -0.25) is 0 Å². The number of thiocarbonyl (C=S) groups is 1. The molecule has 0 amide bonds. The summed E-state index contributed by atoms with van der Waals surface area (Å²) in [7, 11) is 4.05. The summed E-state index contributed by atoms with van der Waals surface area (Å²) in [6.07, 6.45) is 5.54. The molecule has 0 aromatic carbocycles. The average Bonchev–Trinajstić information content (AvgIpc) is 2.70. The third kappa shape index (κ3) is 3.80. The Kier molecular flexibility index (Phi) is 5.19. The molecular formula is C10H21N3S. The lowest BCUT2D eigenvalue weighted by Crippen LogP contribution is -2.40. The minimum Gasteiger partial charge on any atom is -0.366 e. The predicted octanol–water partition coefficient (Wildman–Crippen LogP) is 0.955. The minimum absolute atomic E-state index is 0.741. The van der Waals surface area contributed by atoms with Crippen LogP contribution in [0.2, 0.25) is 0 Å². The SMILES string of the molecule is CNC(=S)NCCN(C)C1CCCC1. The molecule has 0 aromatic heterocycles. The van der Waals surface area contributed by atoms with E-state index in [1.165, 1.54) is 25.7 Å². The van der Waals surface area contributed by atoms with Crippen molar-refractivity contribution in [1.82, 2.24) is 15.5 Å². The summed E-state index contributed by atoms with van der Waals surface area (Å²) in [5.74, 6) is 0. The topological polar surface area (TPSA) is 27.3 Å². The molecule has 1 fully saturated rings. The molecule has 1 rings (SSSR count). The van der Waals surface area contributed by atoms with Crippen molar-refractivity contribution in [3.8, 4) is 0 Å². The molecule has 1 aliphatic rings. The molecule has 0 atom stereocenters. The Balaban J connectivity index is 2.08. The molecule has 82 valence electrons. The van der Waals surface area contributed by atoms with E-state index in [9.17, 15) is 0 Å². The molecule has 3 nitrogen and oxygen atoms in total. The van der Waals surface area contributed by atoms with Gasteiger partial charge in [-0.25, -0.2) is 0 Å². The summed E-state index contributed by atoms with van der Waals surface area (Å²) in [6.45, 7) is 2.01. The zero-order chi connectivity index (χ0) is 10.4. The van der Waals surface area contributed by atoms with E-state index in [0.717, 1.165) is 24.2 Å². The maximum atomic E-state index is 5.00. The Labute approximate surface area is 92.2 Å². The number of rotatable bonds is 4. The van der Waals surface area contributed by atoms with Crippen LogP contribution in [0, 0.1) is 0 Å². The van der Waals surface area contributed by atoms with Gasteiger partial charge in [0.2, 0.25) is 0 Å². The van der Waals surface area contributed by atoms with Crippen LogP contribution in [0.1, 0.15) is 25.7 Å². The van der Waals surface area contributed by atoms with Crippen molar-refractivity contribution in [1.29, 1.82) is 0 Å². The second-order valence-electron chi connectivity index (χ2n) is 3.92. The van der Waals surface area contributed by atoms with E-state index in [1.54, 1.807) is 0 Å². The van der Waals surface area contributed by atoms with Crippen LogP contribution >= 0.6 is 12.2 Å². The third-order valence-corrected chi connectivity index (χ3v) is 3.27. The Bertz CT molecular complexity index is 178. The van der Waals surface area contributed by atoms with Gasteiger partial charge in [0.25, 0.3) is 0 Å². The van der Waals surface area contributed by atoms with E-state index in [1.807, 2.05) is 7.05 Å². The lowest BCUT2D eigenvalue weighted by atomic mass is 10.2. The van der Waals surface area contributed by atoms with Crippen LogP contribution in [0.3, 0.4) is 0 Å². The van der Waals surface area contributed by atoms with E-state index in [0.29, 0.717) is 0 Å². The minimum atomic E-state index is 0.741. The standard InChI is InChI=1S/C10H21N3S/c1-11-10(14)12-7-8-13(2)9-5-3-4-6-9/h9H,3-8H2,1-2H3,(H2,11,12,14). The molecule has 0 spiro atoms. The monoisotopic (exact) mass is 215 g/mol. The molecule has 0 aromatic rings. The summed E-state index contributed by atoms with van der Waals surface area (Å²) in [5, 5.41) is 6.82. The number of nitrogens with one attached hydrogen (secondary N) is 2. The van der Waals surface area contributed by atoms with Gasteiger partial charge in [-0.15, -0.1) is 0 Å². The smallest absolute Gasteiger partial charge is 0.166 e. The van der Waals surface area contributed by atoms with Gasteiger partial charge >= 0.3 is 0 Å². The number of likely N-dealkylation sites (N-methyl/N-ethyl adjacent to an activating group) is 1. The van der Waals surface area contributed by atoms with E-state index in [-0.39, 0.29) is 0 Å². The zero-order valence-corrected chi connectivity index (χ0v) is 9.99. The number of nitrogens with zero attached hydrogens (tertiary/aromatic N) is 1. The van der Waals surface area contributed by atoms with Gasteiger partial charge < -0.3 is 15.5 Å². The van der Waals surface area contributed by atoms with Crippen LogP contribution in [0.25, 0.3) is 0 Å². The fourth-order valence-corrected chi connectivity index (χ4v) is 2.06. The Hall–Kier alpha value is -0.350. The first-order valence-corrected chi connectivity index (χ1v) is 5.80. The molecule has 0 bridgehead atoms. The van der Waals surface area contributed by atoms with Crippen LogP contribution < -0.4 is 10.6 Å². The first kappa shape index (κ1) is 11.7. The molecule has 0 aliphatic heterocycles. The molecule has 2 N–H and O–H groups in total. The Morgan fingerprint density at radius 2 is 2.07 bits per heavy atom. The Morgan fingerprint density at radius 3 is 2.64 bits per heavy atom. The van der Waals surface area contributed by atoms with Crippen molar-refractivity contribution in [2.24, 2.45) is 0 Å². The van der Waals surface area contributed by atoms with Crippen molar-refractivity contribution < 1.29 is 0 Å². The molecule has 1 saturated carbocycles. The predicted molar refractivity (Wildman–Crippen MR) is 64.5 cm³/mol. The summed E-state index contributed by atoms with van der Waals surface area (Å²) >= 11 is 5.00. The van der Waals surface area contributed by atoms with E-state index in [2.05, 4.69) is 22.6 Å². The quantitative estimate of drug-likeness (QED) is 0.683. The highest BCUT2D eigenvalue weighted by atomic mass is 32.1. The molecule has 14 heavy (non-hydrogen) atoms. The van der Waals surface area contributed by atoms with Gasteiger partial charge in [-0.1, -0.05) is 12.8 Å². The van der Waals surface area contributed by atoms with Crippen LogP contribution in [0.5, 0.6) is 0 Å². The first-order valence-electron chi connectivity index (χ1n) is 5.40. The molecule has 0 unspecified atom stereocenters. The lowest BCUT2D eigenvalue weighted by molar-refractivity contribution is 0.249. The molecule has 0 heterocycles. The lowest BCUT2D eigenvalue weighted by Gasteiger charge is -2.24. The molecular weight excluding hydrogens is 194 g/mol. The van der Waals surface area contributed by atoms with E-state index >= 15 is 0 Å². The maximum Gasteiger partial charge on any atom is 0.166 e. The number of hydrogen-bond acceptors (Lipinski definition) is 2. The highest BCUT2D eigenvalue weighted by molar-refractivity contribution is 7.80. The van der Waals surface area contributed by atoms with Gasteiger partial charge in [0.1, 0.15) is 0 Å². The van der Waals surface area contributed by atoms with E-state index in [4.69, 9.17) is 12.2 Å². The fraction of sp³-hybridized carbons (Fsp3) is 0.900. The maximum absolute atomic E-state index is 5.00. The zero-order valence-electron chi connectivity index (χ0n) is 9.18. The van der Waals surface area contributed by atoms with Crippen molar-refractivity contribution in [3.63, 3.8) is 0 Å². The third-order valence-electron chi connectivity index (χ3n) is 2.93. The normalized spacial score (nSPS) is 17.4. The second kappa shape index (κ2) is 6.19. The van der Waals surface area contributed by atoms with Crippen LogP contribution in [-0.4, -0.2) is 43.2 Å². The van der Waals surface area contributed by atoms with Crippen LogP contribution in [-0.2, 0) is 0 Å². The van der Waals surface area contributed by atoms with Gasteiger partial charge in [-0.2, -0.15) is 0 Å². The second-order valence-corrected chi connectivity index (χ2v) is 4.33. The molecule has 1 aliphatic carbocycles. The highest BCUT2D eigenvalue weighted by Gasteiger charge is 2.18. The summed E-state index contributed by atoms with van der Waals surface area (Å²) in [5.41, 5.74) is 0. The summed E-state index contributed by atoms with van der Waals surface area (Å²) < 4.78 is 0. The Morgan fingerprint density at radius 1 is 1.43 bits per heavy atom. The van der Waals surface area contributed by atoms with Crippen molar-refractivity contribution in [2.75, 3.05) is 27.2 Å². The fourth-order valence-electron chi connectivity index (χ4n) is 1.96. The van der Waals surface area contributed by atoms with Crippen LogP contribution in [0.4, 0.5) is 0 Å². The average molecular weight is 215 g/mol. The van der Waals surface area contributed by atoms with Gasteiger partial charge in [0.15, 0.2) is 5.11 Å². The van der Waals surface area contributed by atoms with Gasteiger partial charge in [0.05, 0.1) is 0 Å². The summed E-state index contributed by atoms with van der Waals surface area (Å²) in [6, 6.07) is 0.806. The van der Waals surface area contributed by atoms with Crippen molar-refractivity contribution in [3.05, 3.63) is 0 Å². The highest BCUT2D eigenvalue weighted by Crippen LogP contribution is 2.21. The molecule has 4 heteroatoms. The molecule has 0 saturated heterocycles. The first-order chi connectivity index (χ1) is 6.74. The van der Waals surface area contributed by atoms with Crippen molar-refractivity contribution >= 4 is 17.3 Å². The van der Waals surface area contributed by atoms with Crippen LogP contribution in [0.15, 0.2) is 0 Å². The van der Waals surface area contributed by atoms with Crippen molar-refractivity contribution in [2.45, 2.75) is 31.7 Å². The largest absolute Gasteiger partial charge is 0.366 e. The summed E-state index contributed by atoms with van der Waals surface area (Å²) in [4.78, 5) is 2.44. The number of hydrogen-bond donors (Lipinski definition) is 2. The molecule has 0 radical (unpaired) electrons. The van der Waals surface area contributed by atoms with Gasteiger partial charge in [0, 0.05) is 26.2 Å². The van der Waals surface area contributed by atoms with E-state index < -0.39 is 0 Å². The van der Waals surface area contributed by atoms with Gasteiger partial charge in [-0.05, 0) is 32.1 Å².